The van der Waals surface area contributed by atoms with E-state index in [1.807, 2.05) is 19.1 Å². The summed E-state index contributed by atoms with van der Waals surface area (Å²) in [6.07, 6.45) is 0. The summed E-state index contributed by atoms with van der Waals surface area (Å²) >= 11 is 0. The summed E-state index contributed by atoms with van der Waals surface area (Å²) in [5.74, 6) is -2.09. The fraction of sp³-hybridized carbons (Fsp3) is 0.118. The SMILES string of the molecule is Cc1ccccc1NC(=O)CNC(=O)C(=O)Nc1ccccc1. The second-order valence-electron chi connectivity index (χ2n) is 4.87. The maximum absolute atomic E-state index is 11.8. The molecule has 6 heteroatoms. The van der Waals surface area contributed by atoms with Crippen LogP contribution in [-0.4, -0.2) is 24.3 Å². The molecule has 0 bridgehead atoms. The molecular formula is C17H17N3O3. The van der Waals surface area contributed by atoms with Crippen LogP contribution in [0.5, 0.6) is 0 Å². The van der Waals surface area contributed by atoms with Crippen LogP contribution >= 0.6 is 0 Å². The van der Waals surface area contributed by atoms with Crippen molar-refractivity contribution in [1.29, 1.82) is 0 Å². The summed E-state index contributed by atoms with van der Waals surface area (Å²) in [6, 6.07) is 15.9. The van der Waals surface area contributed by atoms with Crippen LogP contribution < -0.4 is 16.0 Å². The number of nitrogens with one attached hydrogen (secondary N) is 3. The number of hydrogen-bond donors (Lipinski definition) is 3. The molecule has 6 nitrogen and oxygen atoms in total. The van der Waals surface area contributed by atoms with Gasteiger partial charge in [0, 0.05) is 11.4 Å². The van der Waals surface area contributed by atoms with Crippen LogP contribution in [0.1, 0.15) is 5.56 Å². The molecule has 0 fully saturated rings. The molecule has 2 aromatic rings. The molecule has 0 aliphatic carbocycles. The van der Waals surface area contributed by atoms with E-state index in [-0.39, 0.29) is 6.54 Å². The van der Waals surface area contributed by atoms with Gasteiger partial charge in [-0.3, -0.25) is 14.4 Å². The number of para-hydroxylation sites is 2. The minimum absolute atomic E-state index is 0.282. The van der Waals surface area contributed by atoms with Crippen LogP contribution in [0.25, 0.3) is 0 Å². The zero-order valence-corrected chi connectivity index (χ0v) is 12.6. The van der Waals surface area contributed by atoms with E-state index >= 15 is 0 Å². The summed E-state index contributed by atoms with van der Waals surface area (Å²) in [6.45, 7) is 1.58. The average Bonchev–Trinajstić information content (AvgIpc) is 2.55. The Bertz CT molecular complexity index is 714. The first-order valence-corrected chi connectivity index (χ1v) is 7.06. The molecule has 0 heterocycles. The van der Waals surface area contributed by atoms with Crippen molar-refractivity contribution in [2.24, 2.45) is 0 Å². The van der Waals surface area contributed by atoms with Gasteiger partial charge in [-0.15, -0.1) is 0 Å². The number of carbonyl (C=O) groups is 3. The molecule has 0 unspecified atom stereocenters. The van der Waals surface area contributed by atoms with E-state index in [1.54, 1.807) is 42.5 Å². The van der Waals surface area contributed by atoms with Gasteiger partial charge in [-0.05, 0) is 30.7 Å². The van der Waals surface area contributed by atoms with Gasteiger partial charge in [0.05, 0.1) is 6.54 Å². The Morgan fingerprint density at radius 3 is 2.17 bits per heavy atom. The lowest BCUT2D eigenvalue weighted by molar-refractivity contribution is -0.136. The van der Waals surface area contributed by atoms with Crippen molar-refractivity contribution in [1.82, 2.24) is 5.32 Å². The fourth-order valence-corrected chi connectivity index (χ4v) is 1.86. The lowest BCUT2D eigenvalue weighted by atomic mass is 10.2. The maximum Gasteiger partial charge on any atom is 0.313 e. The summed E-state index contributed by atoms with van der Waals surface area (Å²) in [5.41, 5.74) is 2.09. The average molecular weight is 311 g/mol. The molecule has 118 valence electrons. The van der Waals surface area contributed by atoms with Gasteiger partial charge in [0.2, 0.25) is 5.91 Å². The Morgan fingerprint density at radius 1 is 0.826 bits per heavy atom. The lowest BCUT2D eigenvalue weighted by Crippen LogP contribution is -2.39. The second-order valence-corrected chi connectivity index (χ2v) is 4.87. The van der Waals surface area contributed by atoms with E-state index in [9.17, 15) is 14.4 Å². The lowest BCUT2D eigenvalue weighted by Gasteiger charge is -2.09. The van der Waals surface area contributed by atoms with Gasteiger partial charge in [0.1, 0.15) is 0 Å². The molecule has 0 aliphatic rings. The highest BCUT2D eigenvalue weighted by Gasteiger charge is 2.14. The Balaban J connectivity index is 1.81. The molecular weight excluding hydrogens is 294 g/mol. The number of carbonyl (C=O) groups excluding carboxylic acids is 3. The van der Waals surface area contributed by atoms with Crippen molar-refractivity contribution in [2.45, 2.75) is 6.92 Å². The molecule has 2 aromatic carbocycles. The van der Waals surface area contributed by atoms with E-state index in [1.165, 1.54) is 0 Å². The highest BCUT2D eigenvalue weighted by atomic mass is 16.2. The number of rotatable bonds is 4. The largest absolute Gasteiger partial charge is 0.339 e. The first kappa shape index (κ1) is 16.2. The molecule has 3 N–H and O–H groups in total. The molecule has 0 aromatic heterocycles. The Morgan fingerprint density at radius 2 is 1.48 bits per heavy atom. The minimum atomic E-state index is -0.867. The van der Waals surface area contributed by atoms with Crippen LogP contribution in [0.3, 0.4) is 0 Å². The minimum Gasteiger partial charge on any atom is -0.339 e. The van der Waals surface area contributed by atoms with Gasteiger partial charge in [0.25, 0.3) is 0 Å². The van der Waals surface area contributed by atoms with Crippen LogP contribution in [0.4, 0.5) is 11.4 Å². The Labute approximate surface area is 133 Å². The molecule has 2 rings (SSSR count). The van der Waals surface area contributed by atoms with Gasteiger partial charge < -0.3 is 16.0 Å². The van der Waals surface area contributed by atoms with E-state index in [4.69, 9.17) is 0 Å². The number of hydrogen-bond acceptors (Lipinski definition) is 3. The maximum atomic E-state index is 11.8. The first-order chi connectivity index (χ1) is 11.1. The third-order valence-corrected chi connectivity index (χ3v) is 3.07. The van der Waals surface area contributed by atoms with Gasteiger partial charge in [-0.25, -0.2) is 0 Å². The van der Waals surface area contributed by atoms with Gasteiger partial charge in [0.15, 0.2) is 0 Å². The van der Waals surface area contributed by atoms with E-state index in [0.29, 0.717) is 11.4 Å². The van der Waals surface area contributed by atoms with Crippen LogP contribution in [0, 0.1) is 6.92 Å². The Hall–Kier alpha value is -3.15. The molecule has 0 atom stereocenters. The Kier molecular flexibility index (Phi) is 5.46. The summed E-state index contributed by atoms with van der Waals surface area (Å²) in [5, 5.41) is 7.39. The molecule has 3 amide bonds. The molecule has 0 saturated heterocycles. The van der Waals surface area contributed by atoms with Gasteiger partial charge in [-0.1, -0.05) is 36.4 Å². The monoisotopic (exact) mass is 311 g/mol. The zero-order valence-electron chi connectivity index (χ0n) is 12.6. The van der Waals surface area contributed by atoms with E-state index in [0.717, 1.165) is 5.56 Å². The quantitative estimate of drug-likeness (QED) is 0.751. The van der Waals surface area contributed by atoms with Gasteiger partial charge >= 0.3 is 11.8 Å². The zero-order chi connectivity index (χ0) is 16.7. The highest BCUT2D eigenvalue weighted by Crippen LogP contribution is 2.12. The summed E-state index contributed by atoms with van der Waals surface area (Å²) in [4.78, 5) is 35.1. The topological polar surface area (TPSA) is 87.3 Å². The number of anilines is 2. The molecule has 23 heavy (non-hydrogen) atoms. The molecule has 0 saturated carbocycles. The van der Waals surface area contributed by atoms with Crippen LogP contribution in [0.15, 0.2) is 54.6 Å². The van der Waals surface area contributed by atoms with E-state index in [2.05, 4.69) is 16.0 Å². The van der Waals surface area contributed by atoms with Crippen molar-refractivity contribution in [3.05, 3.63) is 60.2 Å². The first-order valence-electron chi connectivity index (χ1n) is 7.06. The smallest absolute Gasteiger partial charge is 0.313 e. The number of benzene rings is 2. The molecule has 0 aliphatic heterocycles. The third kappa shape index (κ3) is 4.96. The predicted octanol–water partition coefficient (Wildman–Crippen LogP) is 1.69. The second kappa shape index (κ2) is 7.74. The molecule has 0 spiro atoms. The summed E-state index contributed by atoms with van der Waals surface area (Å²) in [7, 11) is 0. The number of aryl methyl sites for hydroxylation is 1. The summed E-state index contributed by atoms with van der Waals surface area (Å²) < 4.78 is 0. The fourth-order valence-electron chi connectivity index (χ4n) is 1.86. The van der Waals surface area contributed by atoms with Crippen molar-refractivity contribution in [3.8, 4) is 0 Å². The van der Waals surface area contributed by atoms with Crippen molar-refractivity contribution in [3.63, 3.8) is 0 Å². The normalized spacial score (nSPS) is 9.78. The highest BCUT2D eigenvalue weighted by molar-refractivity contribution is 6.39. The number of amides is 3. The van der Waals surface area contributed by atoms with Crippen LogP contribution in [-0.2, 0) is 14.4 Å². The van der Waals surface area contributed by atoms with E-state index < -0.39 is 17.7 Å². The van der Waals surface area contributed by atoms with Gasteiger partial charge in [-0.2, -0.15) is 0 Å². The van der Waals surface area contributed by atoms with Crippen LogP contribution in [0.2, 0.25) is 0 Å². The van der Waals surface area contributed by atoms with Crippen molar-refractivity contribution >= 4 is 29.1 Å². The van der Waals surface area contributed by atoms with Crippen molar-refractivity contribution in [2.75, 3.05) is 17.2 Å². The molecule has 0 radical (unpaired) electrons. The standard InChI is InChI=1S/C17H17N3O3/c1-12-7-5-6-10-14(12)20-15(21)11-18-16(22)17(23)19-13-8-3-2-4-9-13/h2-10H,11H2,1H3,(H,18,22)(H,19,23)(H,20,21). The third-order valence-electron chi connectivity index (χ3n) is 3.07. The predicted molar refractivity (Wildman–Crippen MR) is 87.9 cm³/mol. The van der Waals surface area contributed by atoms with Crippen molar-refractivity contribution < 1.29 is 14.4 Å².